The molecule has 3 heteroatoms. The lowest BCUT2D eigenvalue weighted by molar-refractivity contribution is 0.177. The zero-order valence-corrected chi connectivity index (χ0v) is 7.14. The second kappa shape index (κ2) is 4.14. The van der Waals surface area contributed by atoms with E-state index in [4.69, 9.17) is 0 Å². The summed E-state index contributed by atoms with van der Waals surface area (Å²) in [6, 6.07) is 0. The van der Waals surface area contributed by atoms with E-state index < -0.39 is 0 Å². The fourth-order valence-electron chi connectivity index (χ4n) is 1.23. The van der Waals surface area contributed by atoms with E-state index in [0.29, 0.717) is 0 Å². The molecule has 1 aliphatic rings. The predicted octanol–water partition coefficient (Wildman–Crippen LogP) is 1.77. The topological polar surface area (TPSA) is 12.0 Å². The van der Waals surface area contributed by atoms with E-state index in [2.05, 4.69) is 5.32 Å². The number of nitrogens with one attached hydrogen (secondary N) is 1. The van der Waals surface area contributed by atoms with Crippen LogP contribution in [0.25, 0.3) is 0 Å². The third-order valence-corrected chi connectivity index (χ3v) is 2.01. The van der Waals surface area contributed by atoms with Crippen molar-refractivity contribution in [2.75, 3.05) is 19.8 Å². The van der Waals surface area contributed by atoms with E-state index in [1.807, 2.05) is 6.92 Å². The molecule has 0 aliphatic carbocycles. The lowest BCUT2D eigenvalue weighted by atomic mass is 9.84. The first-order chi connectivity index (χ1) is 4.27. The molecule has 0 spiro atoms. The van der Waals surface area contributed by atoms with Gasteiger partial charge in [-0.15, -0.1) is 12.4 Å². The van der Waals surface area contributed by atoms with Gasteiger partial charge in [0.1, 0.15) is 0 Å². The number of piperidine rings is 1. The summed E-state index contributed by atoms with van der Waals surface area (Å²) in [5.74, 6) is 0. The summed E-state index contributed by atoms with van der Waals surface area (Å²) in [7, 11) is 0. The average Bonchev–Trinajstić information content (AvgIpc) is 1.90. The fourth-order valence-corrected chi connectivity index (χ4v) is 1.23. The van der Waals surface area contributed by atoms with Crippen LogP contribution in [0.1, 0.15) is 19.8 Å². The molecule has 0 saturated carbocycles. The molecule has 62 valence electrons. The van der Waals surface area contributed by atoms with E-state index >= 15 is 0 Å². The summed E-state index contributed by atoms with van der Waals surface area (Å²) in [5, 5.41) is 3.19. The molecule has 1 N–H and O–H groups in total. The molecule has 1 heterocycles. The Morgan fingerprint density at radius 2 is 2.30 bits per heavy atom. The molecule has 1 saturated heterocycles. The second-order valence-electron chi connectivity index (χ2n) is 3.22. The third kappa shape index (κ3) is 2.43. The predicted molar refractivity (Wildman–Crippen MR) is 43.4 cm³/mol. The van der Waals surface area contributed by atoms with Crippen molar-refractivity contribution in [3.8, 4) is 0 Å². The maximum atomic E-state index is 12.2. The Kier molecular flexibility index (Phi) is 4.22. The minimum Gasteiger partial charge on any atom is -0.316 e. The first-order valence-electron chi connectivity index (χ1n) is 3.54. The van der Waals surface area contributed by atoms with E-state index in [1.54, 1.807) is 0 Å². The largest absolute Gasteiger partial charge is 0.316 e. The van der Waals surface area contributed by atoms with Gasteiger partial charge in [0, 0.05) is 12.0 Å². The van der Waals surface area contributed by atoms with Crippen LogP contribution in [0.3, 0.4) is 0 Å². The van der Waals surface area contributed by atoms with Gasteiger partial charge in [-0.05, 0) is 19.4 Å². The van der Waals surface area contributed by atoms with Crippen molar-refractivity contribution < 1.29 is 4.39 Å². The van der Waals surface area contributed by atoms with Crippen molar-refractivity contribution in [3.05, 3.63) is 0 Å². The molecule has 0 bridgehead atoms. The molecular formula is C7H15ClFN. The Balaban J connectivity index is 0.000000810. The normalized spacial score (nSPS) is 33.0. The molecule has 0 aromatic carbocycles. The minimum absolute atomic E-state index is 0. The molecule has 0 aromatic rings. The number of halogens is 2. The van der Waals surface area contributed by atoms with Crippen LogP contribution in [0.4, 0.5) is 4.39 Å². The van der Waals surface area contributed by atoms with E-state index in [1.165, 1.54) is 0 Å². The van der Waals surface area contributed by atoms with Crippen molar-refractivity contribution in [2.24, 2.45) is 5.41 Å². The van der Waals surface area contributed by atoms with Gasteiger partial charge in [0.05, 0.1) is 6.67 Å². The highest BCUT2D eigenvalue weighted by molar-refractivity contribution is 5.85. The van der Waals surface area contributed by atoms with Crippen LogP contribution in [-0.2, 0) is 0 Å². The van der Waals surface area contributed by atoms with E-state index in [0.717, 1.165) is 25.9 Å². The average molecular weight is 168 g/mol. The first kappa shape index (κ1) is 10.2. The molecule has 0 radical (unpaired) electrons. The van der Waals surface area contributed by atoms with Gasteiger partial charge in [0.15, 0.2) is 0 Å². The molecule has 0 aromatic heterocycles. The highest BCUT2D eigenvalue weighted by Crippen LogP contribution is 2.25. The summed E-state index contributed by atoms with van der Waals surface area (Å²) < 4.78 is 12.2. The van der Waals surface area contributed by atoms with E-state index in [9.17, 15) is 4.39 Å². The summed E-state index contributed by atoms with van der Waals surface area (Å²) in [4.78, 5) is 0. The monoisotopic (exact) mass is 167 g/mol. The van der Waals surface area contributed by atoms with Crippen molar-refractivity contribution in [1.29, 1.82) is 0 Å². The van der Waals surface area contributed by atoms with Crippen molar-refractivity contribution in [3.63, 3.8) is 0 Å². The smallest absolute Gasteiger partial charge is 0.0960 e. The van der Waals surface area contributed by atoms with Crippen molar-refractivity contribution >= 4 is 12.4 Å². The molecule has 10 heavy (non-hydrogen) atoms. The summed E-state index contributed by atoms with van der Waals surface area (Å²) in [5.41, 5.74) is -0.0573. The summed E-state index contributed by atoms with van der Waals surface area (Å²) in [6.07, 6.45) is 2.16. The van der Waals surface area contributed by atoms with Gasteiger partial charge in [-0.1, -0.05) is 6.92 Å². The lowest BCUT2D eigenvalue weighted by Gasteiger charge is -2.30. The van der Waals surface area contributed by atoms with Crippen molar-refractivity contribution in [2.45, 2.75) is 19.8 Å². The van der Waals surface area contributed by atoms with Crippen LogP contribution in [0, 0.1) is 5.41 Å². The number of rotatable bonds is 1. The third-order valence-electron chi connectivity index (χ3n) is 2.01. The number of alkyl halides is 1. The quantitative estimate of drug-likeness (QED) is 0.628. The van der Waals surface area contributed by atoms with Crippen molar-refractivity contribution in [1.82, 2.24) is 5.32 Å². The second-order valence-corrected chi connectivity index (χ2v) is 3.22. The molecule has 1 fully saturated rings. The standard InChI is InChI=1S/C7H14FN.ClH/c1-7(5-8)3-2-4-9-6-7;/h9H,2-6H2,1H3;1H. The van der Waals surface area contributed by atoms with Crippen LogP contribution in [0.2, 0.25) is 0 Å². The molecule has 0 amide bonds. The van der Waals surface area contributed by atoms with Crippen LogP contribution in [0.5, 0.6) is 0 Å². The van der Waals surface area contributed by atoms with Gasteiger partial charge < -0.3 is 5.32 Å². The molecule has 1 aliphatic heterocycles. The summed E-state index contributed by atoms with van der Waals surface area (Å²) in [6.45, 7) is 3.73. The van der Waals surface area contributed by atoms with Crippen LogP contribution < -0.4 is 5.32 Å². The Morgan fingerprint density at radius 3 is 2.60 bits per heavy atom. The van der Waals surface area contributed by atoms with Crippen LogP contribution >= 0.6 is 12.4 Å². The Morgan fingerprint density at radius 1 is 1.60 bits per heavy atom. The van der Waals surface area contributed by atoms with Gasteiger partial charge in [-0.25, -0.2) is 0 Å². The lowest BCUT2D eigenvalue weighted by Crippen LogP contribution is -2.39. The Labute approximate surface area is 67.8 Å². The molecule has 1 rings (SSSR count). The van der Waals surface area contributed by atoms with Gasteiger partial charge >= 0.3 is 0 Å². The maximum absolute atomic E-state index is 12.2. The number of hydrogen-bond acceptors (Lipinski definition) is 1. The van der Waals surface area contributed by atoms with Gasteiger partial charge in [-0.2, -0.15) is 0 Å². The molecular weight excluding hydrogens is 153 g/mol. The van der Waals surface area contributed by atoms with E-state index in [-0.39, 0.29) is 24.5 Å². The molecule has 1 unspecified atom stereocenters. The van der Waals surface area contributed by atoms with Gasteiger partial charge in [0.2, 0.25) is 0 Å². The van der Waals surface area contributed by atoms with Crippen LogP contribution in [-0.4, -0.2) is 19.8 Å². The zero-order valence-electron chi connectivity index (χ0n) is 6.32. The Bertz CT molecular complexity index is 91.6. The van der Waals surface area contributed by atoms with Gasteiger partial charge in [0.25, 0.3) is 0 Å². The number of hydrogen-bond donors (Lipinski definition) is 1. The zero-order chi connectivity index (χ0) is 6.74. The molecule has 1 nitrogen and oxygen atoms in total. The highest BCUT2D eigenvalue weighted by Gasteiger charge is 2.25. The van der Waals surface area contributed by atoms with Crippen LogP contribution in [0.15, 0.2) is 0 Å². The summed E-state index contributed by atoms with van der Waals surface area (Å²) >= 11 is 0. The maximum Gasteiger partial charge on any atom is 0.0960 e. The SMILES string of the molecule is CC1(CF)CCCNC1.Cl. The van der Waals surface area contributed by atoms with Gasteiger partial charge in [-0.3, -0.25) is 4.39 Å². The first-order valence-corrected chi connectivity index (χ1v) is 3.54. The highest BCUT2D eigenvalue weighted by atomic mass is 35.5. The molecule has 1 atom stereocenters. The minimum atomic E-state index is -0.181. The Hall–Kier alpha value is 0.180. The fraction of sp³-hybridized carbons (Fsp3) is 1.00.